The molecule has 0 atom stereocenters. The number of aryl methyl sites for hydroxylation is 2. The number of amides is 1. The number of carbonyl (C=O) groups excluding carboxylic acids is 1. The second-order valence-electron chi connectivity index (χ2n) is 5.84. The molecule has 1 N–H and O–H groups in total. The van der Waals surface area contributed by atoms with E-state index in [1.54, 1.807) is 4.52 Å². The third kappa shape index (κ3) is 3.72. The van der Waals surface area contributed by atoms with Gasteiger partial charge in [0.1, 0.15) is 10.9 Å². The molecule has 4 rings (SSSR count). The molecule has 0 bridgehead atoms. The van der Waals surface area contributed by atoms with E-state index in [1.807, 2.05) is 54.8 Å². The predicted octanol–water partition coefficient (Wildman–Crippen LogP) is 4.46. The van der Waals surface area contributed by atoms with Gasteiger partial charge in [0.2, 0.25) is 0 Å². The van der Waals surface area contributed by atoms with Crippen LogP contribution in [0.3, 0.4) is 0 Å². The van der Waals surface area contributed by atoms with Gasteiger partial charge >= 0.3 is 0 Å². The Kier molecular flexibility index (Phi) is 4.91. The van der Waals surface area contributed by atoms with Crippen molar-refractivity contribution in [2.75, 3.05) is 5.32 Å². The van der Waals surface area contributed by atoms with E-state index in [9.17, 15) is 4.79 Å². The van der Waals surface area contributed by atoms with Gasteiger partial charge in [-0.2, -0.15) is 9.50 Å². The highest BCUT2D eigenvalue weighted by atomic mass is 32.2. The molecule has 0 fully saturated rings. The van der Waals surface area contributed by atoms with Crippen LogP contribution in [0, 0.1) is 6.92 Å². The average Bonchev–Trinajstić information content (AvgIpc) is 3.32. The topological polar surface area (TPSA) is 72.2 Å². The van der Waals surface area contributed by atoms with Gasteiger partial charge in [-0.25, -0.2) is 4.98 Å². The van der Waals surface area contributed by atoms with Crippen LogP contribution in [0.1, 0.15) is 28.1 Å². The van der Waals surface area contributed by atoms with E-state index in [-0.39, 0.29) is 5.91 Å². The Balaban J connectivity index is 1.69. The lowest BCUT2D eigenvalue weighted by atomic mass is 10.3. The molecule has 0 unspecified atom stereocenters. The van der Waals surface area contributed by atoms with Crippen molar-refractivity contribution in [3.63, 3.8) is 0 Å². The van der Waals surface area contributed by atoms with Crippen LogP contribution in [0.2, 0.25) is 0 Å². The van der Waals surface area contributed by atoms with Gasteiger partial charge < -0.3 is 5.32 Å². The molecule has 3 heterocycles. The first-order chi connectivity index (χ1) is 13.1. The first-order valence-electron chi connectivity index (χ1n) is 8.49. The normalized spacial score (nSPS) is 11.0. The molecule has 1 aromatic carbocycles. The minimum absolute atomic E-state index is 0.108. The second-order valence-corrected chi connectivity index (χ2v) is 7.85. The van der Waals surface area contributed by atoms with Crippen molar-refractivity contribution >= 4 is 40.5 Å². The van der Waals surface area contributed by atoms with Crippen molar-refractivity contribution in [3.05, 3.63) is 64.2 Å². The predicted molar refractivity (Wildman–Crippen MR) is 108 cm³/mol. The average molecular weight is 396 g/mol. The Morgan fingerprint density at radius 2 is 2.07 bits per heavy atom. The van der Waals surface area contributed by atoms with E-state index in [0.717, 1.165) is 27.7 Å². The molecular weight excluding hydrogens is 378 g/mol. The molecule has 136 valence electrons. The number of nitrogens with zero attached hydrogens (tertiary/aromatic N) is 4. The van der Waals surface area contributed by atoms with Gasteiger partial charge in [0.25, 0.3) is 11.7 Å². The van der Waals surface area contributed by atoms with Crippen molar-refractivity contribution in [2.24, 2.45) is 0 Å². The molecule has 0 aliphatic rings. The van der Waals surface area contributed by atoms with Crippen LogP contribution in [0.15, 0.2) is 57.8 Å². The van der Waals surface area contributed by atoms with E-state index in [1.165, 1.54) is 23.1 Å². The molecule has 4 aromatic rings. The summed E-state index contributed by atoms with van der Waals surface area (Å²) in [6.45, 7) is 3.91. The Hall–Kier alpha value is -2.71. The number of thiophene rings is 1. The number of fused-ring (bicyclic) bond motifs is 1. The third-order valence-corrected chi connectivity index (χ3v) is 5.84. The van der Waals surface area contributed by atoms with Crippen molar-refractivity contribution in [2.45, 2.75) is 30.2 Å². The number of carbonyl (C=O) groups is 1. The van der Waals surface area contributed by atoms with E-state index < -0.39 is 0 Å². The van der Waals surface area contributed by atoms with Crippen LogP contribution in [0.5, 0.6) is 0 Å². The molecule has 0 saturated heterocycles. The van der Waals surface area contributed by atoms with Crippen molar-refractivity contribution in [1.82, 2.24) is 19.6 Å². The molecule has 0 aliphatic heterocycles. The molecule has 0 aliphatic carbocycles. The van der Waals surface area contributed by atoms with Crippen LogP contribution in [-0.4, -0.2) is 25.5 Å². The molecule has 3 aromatic heterocycles. The van der Waals surface area contributed by atoms with Crippen molar-refractivity contribution in [3.8, 4) is 0 Å². The zero-order valence-corrected chi connectivity index (χ0v) is 16.5. The Labute approximate surface area is 164 Å². The Bertz CT molecular complexity index is 1100. The fraction of sp³-hybridized carbons (Fsp3) is 0.158. The summed E-state index contributed by atoms with van der Waals surface area (Å²) in [6, 6.07) is 13.4. The third-order valence-electron chi connectivity index (χ3n) is 3.90. The maximum atomic E-state index is 12.4. The van der Waals surface area contributed by atoms with Crippen LogP contribution in [0.4, 0.5) is 5.69 Å². The second kappa shape index (κ2) is 7.50. The van der Waals surface area contributed by atoms with E-state index in [4.69, 9.17) is 0 Å². The largest absolute Gasteiger partial charge is 0.320 e. The molecule has 27 heavy (non-hydrogen) atoms. The summed E-state index contributed by atoms with van der Waals surface area (Å²) in [4.78, 5) is 23.0. The number of benzene rings is 1. The van der Waals surface area contributed by atoms with Crippen LogP contribution in [0.25, 0.3) is 5.78 Å². The van der Waals surface area contributed by atoms with Crippen LogP contribution < -0.4 is 5.32 Å². The van der Waals surface area contributed by atoms with Gasteiger partial charge in [0.15, 0.2) is 0 Å². The van der Waals surface area contributed by atoms with Gasteiger partial charge in [0, 0.05) is 10.6 Å². The number of para-hydroxylation sites is 1. The number of rotatable bonds is 5. The number of hydrogen-bond donors (Lipinski definition) is 1. The highest BCUT2D eigenvalue weighted by molar-refractivity contribution is 7.99. The Morgan fingerprint density at radius 1 is 1.22 bits per heavy atom. The van der Waals surface area contributed by atoms with Crippen molar-refractivity contribution in [1.29, 1.82) is 0 Å². The lowest BCUT2D eigenvalue weighted by Gasteiger charge is -2.11. The zero-order valence-electron chi connectivity index (χ0n) is 14.8. The van der Waals surface area contributed by atoms with E-state index in [2.05, 4.69) is 27.3 Å². The Morgan fingerprint density at radius 3 is 2.85 bits per heavy atom. The number of nitrogens with one attached hydrogen (secondary N) is 1. The minimum Gasteiger partial charge on any atom is -0.320 e. The summed E-state index contributed by atoms with van der Waals surface area (Å²) in [6.07, 6.45) is 0.812. The number of hydrogen-bond acceptors (Lipinski definition) is 6. The van der Waals surface area contributed by atoms with Gasteiger partial charge in [-0.15, -0.1) is 16.4 Å². The maximum Gasteiger partial charge on any atom is 0.265 e. The highest BCUT2D eigenvalue weighted by Gasteiger charge is 2.14. The van der Waals surface area contributed by atoms with E-state index in [0.29, 0.717) is 16.5 Å². The number of aromatic nitrogens is 4. The molecule has 8 heteroatoms. The minimum atomic E-state index is -0.108. The summed E-state index contributed by atoms with van der Waals surface area (Å²) < 4.78 is 1.75. The molecular formula is C19H17N5OS2. The fourth-order valence-electron chi connectivity index (χ4n) is 2.61. The summed E-state index contributed by atoms with van der Waals surface area (Å²) in [5.41, 5.74) is 1.72. The fourth-order valence-corrected chi connectivity index (χ4v) is 4.23. The summed E-state index contributed by atoms with van der Waals surface area (Å²) in [5.74, 6) is 1.16. The maximum absolute atomic E-state index is 12.4. The highest BCUT2D eigenvalue weighted by Crippen LogP contribution is 2.34. The SMILES string of the molecule is CCc1cc(Sc2ccccc2NC(=O)c2cccs2)n2nc(C)nc2n1. The zero-order chi connectivity index (χ0) is 18.8. The van der Waals surface area contributed by atoms with Gasteiger partial charge in [0.05, 0.1) is 10.6 Å². The van der Waals surface area contributed by atoms with Gasteiger partial charge in [-0.1, -0.05) is 36.9 Å². The van der Waals surface area contributed by atoms with E-state index >= 15 is 0 Å². The molecule has 1 amide bonds. The van der Waals surface area contributed by atoms with Gasteiger partial charge in [-0.3, -0.25) is 4.79 Å². The van der Waals surface area contributed by atoms with Crippen LogP contribution >= 0.6 is 23.1 Å². The van der Waals surface area contributed by atoms with Crippen molar-refractivity contribution < 1.29 is 4.79 Å². The first kappa shape index (κ1) is 17.7. The van der Waals surface area contributed by atoms with Gasteiger partial charge in [-0.05, 0) is 43.0 Å². The lowest BCUT2D eigenvalue weighted by Crippen LogP contribution is -2.10. The summed E-state index contributed by atoms with van der Waals surface area (Å²) >= 11 is 2.96. The standard InChI is InChI=1S/C19H17N5OS2/c1-3-13-11-17(24-19(21-13)20-12(2)23-24)27-15-8-5-4-7-14(15)22-18(25)16-9-6-10-26-16/h4-11H,3H2,1-2H3,(H,22,25). The summed E-state index contributed by atoms with van der Waals surface area (Å²) in [7, 11) is 0. The van der Waals surface area contributed by atoms with Crippen LogP contribution in [-0.2, 0) is 6.42 Å². The monoisotopic (exact) mass is 395 g/mol. The quantitative estimate of drug-likeness (QED) is 0.505. The molecule has 0 saturated carbocycles. The summed E-state index contributed by atoms with van der Waals surface area (Å²) in [5, 5.41) is 10.3. The molecule has 0 radical (unpaired) electrons. The first-order valence-corrected chi connectivity index (χ1v) is 10.2. The smallest absolute Gasteiger partial charge is 0.265 e. The number of anilines is 1. The lowest BCUT2D eigenvalue weighted by molar-refractivity contribution is 0.103. The molecule has 0 spiro atoms. The molecule has 6 nitrogen and oxygen atoms in total.